The topological polar surface area (TPSA) is 54.0 Å². The molecule has 5 nitrogen and oxygen atoms in total. The third kappa shape index (κ3) is 4.19. The fourth-order valence-corrected chi connectivity index (χ4v) is 1.64. The number of hydrogen-bond donors (Lipinski definition) is 0. The third-order valence-corrected chi connectivity index (χ3v) is 2.47. The Labute approximate surface area is 119 Å². The van der Waals surface area contributed by atoms with Crippen LogP contribution in [0.4, 0.5) is 0 Å². The van der Waals surface area contributed by atoms with Gasteiger partial charge in [0.15, 0.2) is 11.5 Å². The van der Waals surface area contributed by atoms with E-state index in [-0.39, 0.29) is 5.97 Å². The second-order valence-electron chi connectivity index (χ2n) is 3.77. The highest BCUT2D eigenvalue weighted by Crippen LogP contribution is 2.38. The Kier molecular flexibility index (Phi) is 6.43. The molecule has 1 rings (SSSR count). The van der Waals surface area contributed by atoms with E-state index >= 15 is 0 Å². The summed E-state index contributed by atoms with van der Waals surface area (Å²) < 4.78 is 20.9. The maximum Gasteiger partial charge on any atom is 0.330 e. The molecule has 0 spiro atoms. The highest BCUT2D eigenvalue weighted by atomic mass is 16.5. The van der Waals surface area contributed by atoms with E-state index < -0.39 is 0 Å². The Morgan fingerprint density at radius 2 is 1.70 bits per heavy atom. The molecule has 0 fully saturated rings. The number of methoxy groups -OCH3 is 2. The summed E-state index contributed by atoms with van der Waals surface area (Å²) in [5.74, 6) is 1.26. The van der Waals surface area contributed by atoms with Gasteiger partial charge in [0.2, 0.25) is 5.75 Å². The molecule has 1 aromatic rings. The van der Waals surface area contributed by atoms with E-state index in [4.69, 9.17) is 18.9 Å². The van der Waals surface area contributed by atoms with Crippen molar-refractivity contribution in [2.24, 2.45) is 0 Å². The fraction of sp³-hybridized carbons (Fsp3) is 0.400. The molecule has 0 radical (unpaired) electrons. The number of carbonyl (C=O) groups is 1. The lowest BCUT2D eigenvalue weighted by atomic mass is 10.1. The summed E-state index contributed by atoms with van der Waals surface area (Å²) in [7, 11) is 3.10. The van der Waals surface area contributed by atoms with Gasteiger partial charge in [-0.3, -0.25) is 0 Å². The molecule has 110 valence electrons. The van der Waals surface area contributed by atoms with Crippen molar-refractivity contribution in [3.63, 3.8) is 0 Å². The molecule has 0 atom stereocenters. The summed E-state index contributed by atoms with van der Waals surface area (Å²) >= 11 is 0. The molecule has 0 aliphatic heterocycles. The van der Waals surface area contributed by atoms with Crippen molar-refractivity contribution in [2.45, 2.75) is 13.8 Å². The minimum Gasteiger partial charge on any atom is -0.493 e. The molecule has 0 heterocycles. The van der Waals surface area contributed by atoms with E-state index in [1.807, 2.05) is 6.92 Å². The SMILES string of the molecule is CCOC(=O)/C=C/c1cc(OC)c(OCC)c(OC)c1. The van der Waals surface area contributed by atoms with Gasteiger partial charge >= 0.3 is 5.97 Å². The van der Waals surface area contributed by atoms with Gasteiger partial charge in [0.25, 0.3) is 0 Å². The average Bonchev–Trinajstić information content (AvgIpc) is 2.46. The molecule has 20 heavy (non-hydrogen) atoms. The number of rotatable bonds is 7. The van der Waals surface area contributed by atoms with E-state index in [1.165, 1.54) is 6.08 Å². The molecule has 5 heteroatoms. The molecule has 0 N–H and O–H groups in total. The van der Waals surface area contributed by atoms with Crippen molar-refractivity contribution in [2.75, 3.05) is 27.4 Å². The zero-order valence-corrected chi connectivity index (χ0v) is 12.3. The van der Waals surface area contributed by atoms with Crippen molar-refractivity contribution < 1.29 is 23.7 Å². The summed E-state index contributed by atoms with van der Waals surface area (Å²) in [6.07, 6.45) is 3.00. The third-order valence-electron chi connectivity index (χ3n) is 2.47. The first-order valence-corrected chi connectivity index (χ1v) is 6.39. The van der Waals surface area contributed by atoms with E-state index in [0.717, 1.165) is 5.56 Å². The quantitative estimate of drug-likeness (QED) is 0.568. The van der Waals surface area contributed by atoms with Crippen molar-refractivity contribution >= 4 is 12.0 Å². The van der Waals surface area contributed by atoms with Crippen LogP contribution in [0, 0.1) is 0 Å². The zero-order valence-electron chi connectivity index (χ0n) is 12.3. The highest BCUT2D eigenvalue weighted by molar-refractivity contribution is 5.87. The first-order chi connectivity index (χ1) is 9.65. The molecule has 0 bridgehead atoms. The van der Waals surface area contributed by atoms with Crippen LogP contribution in [0.2, 0.25) is 0 Å². The van der Waals surface area contributed by atoms with Crippen LogP contribution in [0.3, 0.4) is 0 Å². The van der Waals surface area contributed by atoms with Gasteiger partial charge < -0.3 is 18.9 Å². The van der Waals surface area contributed by atoms with E-state index in [9.17, 15) is 4.79 Å². The van der Waals surface area contributed by atoms with Gasteiger partial charge in [0, 0.05) is 6.08 Å². The Bertz CT molecular complexity index is 454. The standard InChI is InChI=1S/C15H20O5/c1-5-19-14(16)8-7-11-9-12(17-3)15(20-6-2)13(10-11)18-4/h7-10H,5-6H2,1-4H3/b8-7+. The Balaban J connectivity index is 3.07. The molecule has 0 unspecified atom stereocenters. The lowest BCUT2D eigenvalue weighted by Gasteiger charge is -2.14. The second kappa shape index (κ2) is 8.09. The van der Waals surface area contributed by atoms with Crippen LogP contribution in [0.15, 0.2) is 18.2 Å². The Morgan fingerprint density at radius 1 is 1.10 bits per heavy atom. The first-order valence-electron chi connectivity index (χ1n) is 6.39. The Morgan fingerprint density at radius 3 is 2.15 bits per heavy atom. The van der Waals surface area contributed by atoms with Crippen LogP contribution in [-0.2, 0) is 9.53 Å². The molecule has 0 amide bonds. The molecule has 1 aromatic carbocycles. The predicted octanol–water partition coefficient (Wildman–Crippen LogP) is 2.68. The number of benzene rings is 1. The van der Waals surface area contributed by atoms with Gasteiger partial charge in [-0.25, -0.2) is 4.79 Å². The number of ether oxygens (including phenoxy) is 4. The number of esters is 1. The molecule has 0 saturated heterocycles. The molecular formula is C15H20O5. The van der Waals surface area contributed by atoms with E-state index in [2.05, 4.69) is 0 Å². The van der Waals surface area contributed by atoms with Crippen molar-refractivity contribution in [1.29, 1.82) is 0 Å². The van der Waals surface area contributed by atoms with Crippen LogP contribution >= 0.6 is 0 Å². The van der Waals surface area contributed by atoms with E-state index in [1.54, 1.807) is 39.4 Å². The van der Waals surface area contributed by atoms with Crippen molar-refractivity contribution in [3.05, 3.63) is 23.8 Å². The molecule has 0 saturated carbocycles. The van der Waals surface area contributed by atoms with Gasteiger partial charge in [-0.1, -0.05) is 0 Å². The predicted molar refractivity (Wildman–Crippen MR) is 76.4 cm³/mol. The van der Waals surface area contributed by atoms with Gasteiger partial charge in [0.05, 0.1) is 27.4 Å². The summed E-state index contributed by atoms with van der Waals surface area (Å²) in [6, 6.07) is 3.53. The molecule has 0 aliphatic rings. The fourth-order valence-electron chi connectivity index (χ4n) is 1.64. The maximum atomic E-state index is 11.3. The molecule has 0 aromatic heterocycles. The van der Waals surface area contributed by atoms with Crippen LogP contribution in [-0.4, -0.2) is 33.4 Å². The lowest BCUT2D eigenvalue weighted by Crippen LogP contribution is -2.00. The molecular weight excluding hydrogens is 260 g/mol. The van der Waals surface area contributed by atoms with E-state index in [0.29, 0.717) is 30.5 Å². The van der Waals surface area contributed by atoms with Crippen molar-refractivity contribution in [3.8, 4) is 17.2 Å². The number of carbonyl (C=O) groups excluding carboxylic acids is 1. The van der Waals surface area contributed by atoms with Gasteiger partial charge in [-0.05, 0) is 37.6 Å². The van der Waals surface area contributed by atoms with Crippen LogP contribution in [0.5, 0.6) is 17.2 Å². The monoisotopic (exact) mass is 280 g/mol. The zero-order chi connectivity index (χ0) is 15.0. The Hall–Kier alpha value is -2.17. The summed E-state index contributed by atoms with van der Waals surface area (Å²) in [5, 5.41) is 0. The van der Waals surface area contributed by atoms with Crippen LogP contribution < -0.4 is 14.2 Å². The minimum atomic E-state index is -0.390. The maximum absolute atomic E-state index is 11.3. The van der Waals surface area contributed by atoms with Crippen LogP contribution in [0.25, 0.3) is 6.08 Å². The molecule has 0 aliphatic carbocycles. The first kappa shape index (κ1) is 15.9. The largest absolute Gasteiger partial charge is 0.493 e. The normalized spacial score (nSPS) is 10.4. The van der Waals surface area contributed by atoms with Crippen LogP contribution in [0.1, 0.15) is 19.4 Å². The smallest absolute Gasteiger partial charge is 0.330 e. The highest BCUT2D eigenvalue weighted by Gasteiger charge is 2.12. The summed E-state index contributed by atoms with van der Waals surface area (Å²) in [6.45, 7) is 4.49. The van der Waals surface area contributed by atoms with Crippen molar-refractivity contribution in [1.82, 2.24) is 0 Å². The summed E-state index contributed by atoms with van der Waals surface area (Å²) in [4.78, 5) is 11.3. The average molecular weight is 280 g/mol. The second-order valence-corrected chi connectivity index (χ2v) is 3.77. The van der Waals surface area contributed by atoms with Gasteiger partial charge in [-0.2, -0.15) is 0 Å². The van der Waals surface area contributed by atoms with Gasteiger partial charge in [-0.15, -0.1) is 0 Å². The lowest BCUT2D eigenvalue weighted by molar-refractivity contribution is -0.137. The number of hydrogen-bond acceptors (Lipinski definition) is 5. The minimum absolute atomic E-state index is 0.346. The van der Waals surface area contributed by atoms with Gasteiger partial charge in [0.1, 0.15) is 0 Å². The summed E-state index contributed by atoms with van der Waals surface area (Å²) in [5.41, 5.74) is 0.759.